The van der Waals surface area contributed by atoms with Gasteiger partial charge < -0.3 is 24.2 Å². The Morgan fingerprint density at radius 2 is 1.87 bits per heavy atom. The monoisotopic (exact) mass is 544 g/mol. The Labute approximate surface area is 231 Å². The highest BCUT2D eigenvalue weighted by atomic mass is 35.5. The van der Waals surface area contributed by atoms with Crippen molar-refractivity contribution in [3.05, 3.63) is 52.5 Å². The molecule has 2 aliphatic rings. The number of benzene rings is 2. The van der Waals surface area contributed by atoms with Crippen LogP contribution in [0.15, 0.2) is 36.4 Å². The Morgan fingerprint density at radius 3 is 2.71 bits per heavy atom. The zero-order chi connectivity index (χ0) is 27.0. The van der Waals surface area contributed by atoms with Gasteiger partial charge in [0, 0.05) is 32.6 Å². The first-order valence-corrected chi connectivity index (χ1v) is 14.1. The molecule has 0 saturated carbocycles. The molecule has 8 heteroatoms. The van der Waals surface area contributed by atoms with Gasteiger partial charge in [-0.05, 0) is 81.0 Å². The lowest BCUT2D eigenvalue weighted by Crippen LogP contribution is -2.51. The summed E-state index contributed by atoms with van der Waals surface area (Å²) in [6.45, 7) is 6.43. The third-order valence-electron chi connectivity index (χ3n) is 7.35. The van der Waals surface area contributed by atoms with Gasteiger partial charge in [0.05, 0.1) is 18.7 Å². The molecule has 7 nitrogen and oxygen atoms in total. The van der Waals surface area contributed by atoms with Gasteiger partial charge >= 0.3 is 0 Å². The second-order valence-electron chi connectivity index (χ2n) is 10.6. The van der Waals surface area contributed by atoms with Crippen LogP contribution >= 0.6 is 11.6 Å². The van der Waals surface area contributed by atoms with Crippen molar-refractivity contribution in [2.45, 2.75) is 64.0 Å². The number of aryl methyl sites for hydroxylation is 1. The quantitative estimate of drug-likeness (QED) is 0.390. The summed E-state index contributed by atoms with van der Waals surface area (Å²) in [6, 6.07) is 11.7. The van der Waals surface area contributed by atoms with Crippen LogP contribution in [0.3, 0.4) is 0 Å². The molecule has 2 aromatic rings. The molecule has 1 N–H and O–H groups in total. The second kappa shape index (κ2) is 13.5. The topological polar surface area (TPSA) is 71.5 Å². The van der Waals surface area contributed by atoms with Crippen molar-refractivity contribution in [3.63, 3.8) is 0 Å². The number of nitrogens with zero attached hydrogens (tertiary/aromatic N) is 2. The van der Waals surface area contributed by atoms with Crippen molar-refractivity contribution in [1.82, 2.24) is 9.80 Å². The first kappa shape index (κ1) is 28.5. The zero-order valence-electron chi connectivity index (χ0n) is 22.7. The maximum Gasteiger partial charge on any atom is 0.222 e. The average molecular weight is 545 g/mol. The van der Waals surface area contributed by atoms with Crippen molar-refractivity contribution in [1.29, 1.82) is 0 Å². The van der Waals surface area contributed by atoms with Gasteiger partial charge in [-0.3, -0.25) is 9.69 Å². The van der Waals surface area contributed by atoms with E-state index in [0.717, 1.165) is 62.9 Å². The van der Waals surface area contributed by atoms with E-state index in [9.17, 15) is 9.90 Å². The third-order valence-corrected chi connectivity index (χ3v) is 7.67. The number of hydrogen-bond acceptors (Lipinski definition) is 6. The Balaban J connectivity index is 1.28. The van der Waals surface area contributed by atoms with Crippen molar-refractivity contribution < 1.29 is 24.1 Å². The van der Waals surface area contributed by atoms with Gasteiger partial charge in [-0.2, -0.15) is 0 Å². The number of hydrogen-bond donors (Lipinski definition) is 1. The van der Waals surface area contributed by atoms with Crippen LogP contribution in [-0.2, 0) is 11.3 Å². The summed E-state index contributed by atoms with van der Waals surface area (Å²) in [7, 11) is 1.65. The summed E-state index contributed by atoms with van der Waals surface area (Å²) in [5, 5.41) is 11.8. The van der Waals surface area contributed by atoms with E-state index in [2.05, 4.69) is 4.90 Å². The minimum Gasteiger partial charge on any atom is -0.493 e. The fourth-order valence-corrected chi connectivity index (χ4v) is 5.46. The molecule has 2 heterocycles. The van der Waals surface area contributed by atoms with Crippen LogP contribution in [0.5, 0.6) is 17.2 Å². The van der Waals surface area contributed by atoms with Crippen molar-refractivity contribution in [2.24, 2.45) is 0 Å². The fraction of sp³-hybridized carbons (Fsp3) is 0.567. The van der Waals surface area contributed by atoms with Crippen molar-refractivity contribution in [2.75, 3.05) is 46.5 Å². The molecule has 0 aromatic heterocycles. The zero-order valence-corrected chi connectivity index (χ0v) is 23.5. The summed E-state index contributed by atoms with van der Waals surface area (Å²) < 4.78 is 17.6. The molecule has 2 saturated heterocycles. The Hall–Kier alpha value is -2.48. The number of amides is 1. The SMILES string of the molecule is COc1cc(CN2CCC[C@@](O)(COc3cc(C)ccc3Cl)C2)ccc1OCCCN1CCCCCC1=O. The molecule has 38 heavy (non-hydrogen) atoms. The van der Waals surface area contributed by atoms with Crippen LogP contribution in [0, 0.1) is 6.92 Å². The summed E-state index contributed by atoms with van der Waals surface area (Å²) in [5.41, 5.74) is 1.22. The maximum atomic E-state index is 12.2. The van der Waals surface area contributed by atoms with E-state index >= 15 is 0 Å². The van der Waals surface area contributed by atoms with Crippen molar-refractivity contribution in [3.8, 4) is 17.2 Å². The van der Waals surface area contributed by atoms with Gasteiger partial charge in [0.2, 0.25) is 5.91 Å². The predicted molar refractivity (Wildman–Crippen MR) is 149 cm³/mol. The molecule has 2 aliphatic heterocycles. The number of piperidine rings is 1. The van der Waals surface area contributed by atoms with E-state index in [1.165, 1.54) is 0 Å². The van der Waals surface area contributed by atoms with E-state index in [1.54, 1.807) is 7.11 Å². The van der Waals surface area contributed by atoms with Gasteiger partial charge in [0.15, 0.2) is 11.5 Å². The number of aliphatic hydroxyl groups is 1. The molecule has 2 fully saturated rings. The number of ether oxygens (including phenoxy) is 3. The Morgan fingerprint density at radius 1 is 1.00 bits per heavy atom. The first-order valence-electron chi connectivity index (χ1n) is 13.8. The van der Waals surface area contributed by atoms with E-state index < -0.39 is 5.60 Å². The van der Waals surface area contributed by atoms with E-state index in [-0.39, 0.29) is 12.5 Å². The molecule has 1 amide bonds. The summed E-state index contributed by atoms with van der Waals surface area (Å²) in [6.07, 6.45) is 6.25. The standard InChI is InChI=1S/C30H41ClN2O5/c1-23-9-11-25(31)27(18-23)38-22-30(35)13-6-14-32(21-30)20-24-10-12-26(28(19-24)36-2)37-17-7-16-33-15-5-3-4-8-29(33)34/h9-12,18-19,35H,3-8,13-17,20-22H2,1-2H3/t30-/m0/s1. The summed E-state index contributed by atoms with van der Waals surface area (Å²) >= 11 is 6.27. The van der Waals surface area contributed by atoms with E-state index in [4.69, 9.17) is 25.8 Å². The minimum atomic E-state index is -0.937. The largest absolute Gasteiger partial charge is 0.493 e. The van der Waals surface area contributed by atoms with Gasteiger partial charge in [0.1, 0.15) is 18.0 Å². The molecule has 0 spiro atoms. The number of halogens is 1. The maximum absolute atomic E-state index is 12.2. The predicted octanol–water partition coefficient (Wildman–Crippen LogP) is 5.23. The van der Waals surface area contributed by atoms with Crippen LogP contribution in [0.25, 0.3) is 0 Å². The van der Waals surface area contributed by atoms with Crippen LogP contribution in [0.1, 0.15) is 56.1 Å². The van der Waals surface area contributed by atoms with Crippen LogP contribution < -0.4 is 14.2 Å². The van der Waals surface area contributed by atoms with Gasteiger partial charge in [-0.1, -0.05) is 30.2 Å². The number of carbonyl (C=O) groups excluding carboxylic acids is 1. The molecule has 0 bridgehead atoms. The Bertz CT molecular complexity index is 1080. The lowest BCUT2D eigenvalue weighted by molar-refractivity contribution is -0.130. The van der Waals surface area contributed by atoms with E-state index in [0.29, 0.717) is 54.8 Å². The van der Waals surface area contributed by atoms with Crippen molar-refractivity contribution >= 4 is 17.5 Å². The van der Waals surface area contributed by atoms with E-state index in [1.807, 2.05) is 48.2 Å². The number of β-amino-alcohol motifs (C(OH)–C–C–N with tert-alkyl or cyclic N) is 1. The normalized spacial score (nSPS) is 20.7. The molecular formula is C30H41ClN2O5. The molecule has 0 radical (unpaired) electrons. The highest BCUT2D eigenvalue weighted by Gasteiger charge is 2.34. The molecule has 0 aliphatic carbocycles. The average Bonchev–Trinajstić information content (AvgIpc) is 3.11. The number of likely N-dealkylation sites (tertiary alicyclic amines) is 2. The first-order chi connectivity index (χ1) is 18.3. The van der Waals surface area contributed by atoms with Gasteiger partial charge in [0.25, 0.3) is 0 Å². The molecule has 4 rings (SSSR count). The summed E-state index contributed by atoms with van der Waals surface area (Å²) in [5.74, 6) is 2.27. The lowest BCUT2D eigenvalue weighted by Gasteiger charge is -2.39. The molecule has 0 unspecified atom stereocenters. The molecule has 2 aromatic carbocycles. The number of carbonyl (C=O) groups is 1. The fourth-order valence-electron chi connectivity index (χ4n) is 5.29. The number of rotatable bonds is 11. The summed E-state index contributed by atoms with van der Waals surface area (Å²) in [4.78, 5) is 16.4. The molecular weight excluding hydrogens is 504 g/mol. The minimum absolute atomic E-state index is 0.200. The number of methoxy groups -OCH3 is 1. The molecule has 1 atom stereocenters. The van der Waals surface area contributed by atoms with Crippen LogP contribution in [-0.4, -0.2) is 72.9 Å². The smallest absolute Gasteiger partial charge is 0.222 e. The Kier molecular flexibility index (Phi) is 10.2. The van der Waals surface area contributed by atoms with Crippen LogP contribution in [0.2, 0.25) is 5.02 Å². The highest BCUT2D eigenvalue weighted by Crippen LogP contribution is 2.31. The molecule has 208 valence electrons. The van der Waals surface area contributed by atoms with Crippen LogP contribution in [0.4, 0.5) is 0 Å². The van der Waals surface area contributed by atoms with Gasteiger partial charge in [-0.25, -0.2) is 0 Å². The highest BCUT2D eigenvalue weighted by molar-refractivity contribution is 6.32. The second-order valence-corrected chi connectivity index (χ2v) is 11.0. The third kappa shape index (κ3) is 8.01. The lowest BCUT2D eigenvalue weighted by atomic mass is 9.93. The van der Waals surface area contributed by atoms with Gasteiger partial charge in [-0.15, -0.1) is 0 Å².